The van der Waals surface area contributed by atoms with Crippen molar-refractivity contribution in [1.29, 1.82) is 0 Å². The predicted molar refractivity (Wildman–Crippen MR) is 82.2 cm³/mol. The second kappa shape index (κ2) is 7.69. The molecule has 0 aliphatic heterocycles. The highest BCUT2D eigenvalue weighted by molar-refractivity contribution is 5.76. The van der Waals surface area contributed by atoms with Gasteiger partial charge in [0.2, 0.25) is 5.91 Å². The third-order valence-corrected chi connectivity index (χ3v) is 3.51. The van der Waals surface area contributed by atoms with Crippen LogP contribution in [0.4, 0.5) is 8.78 Å². The number of aryl methyl sites for hydroxylation is 1. The van der Waals surface area contributed by atoms with E-state index in [1.54, 1.807) is 29.2 Å². The lowest BCUT2D eigenvalue weighted by Crippen LogP contribution is -2.30. The number of rotatable bonds is 6. The fraction of sp³-hybridized carbons (Fsp3) is 0.278. The topological polar surface area (TPSA) is 20.3 Å². The first kappa shape index (κ1) is 16.1. The van der Waals surface area contributed by atoms with E-state index in [-0.39, 0.29) is 17.5 Å². The second-order valence-corrected chi connectivity index (χ2v) is 5.17. The third-order valence-electron chi connectivity index (χ3n) is 3.51. The van der Waals surface area contributed by atoms with Crippen LogP contribution in [0.3, 0.4) is 0 Å². The molecule has 0 heterocycles. The van der Waals surface area contributed by atoms with Crippen molar-refractivity contribution in [1.82, 2.24) is 4.90 Å². The molecule has 0 atom stereocenters. The molecule has 0 radical (unpaired) electrons. The summed E-state index contributed by atoms with van der Waals surface area (Å²) in [5.41, 5.74) is 1.57. The minimum atomic E-state index is -0.305. The average molecular weight is 303 g/mol. The standard InChI is InChI=1S/C18H19F2NO/c1-2-21(13-15-6-4-8-17(20)12-15)18(22)10-9-14-5-3-7-16(19)11-14/h3-8,11-12H,2,9-10,13H2,1H3. The summed E-state index contributed by atoms with van der Waals surface area (Å²) in [7, 11) is 0. The molecule has 4 heteroatoms. The largest absolute Gasteiger partial charge is 0.339 e. The molecule has 0 unspecified atom stereocenters. The Morgan fingerprint density at radius 3 is 2.18 bits per heavy atom. The van der Waals surface area contributed by atoms with Gasteiger partial charge in [-0.15, -0.1) is 0 Å². The van der Waals surface area contributed by atoms with Crippen molar-refractivity contribution in [3.05, 3.63) is 71.3 Å². The Morgan fingerprint density at radius 2 is 1.59 bits per heavy atom. The molecule has 22 heavy (non-hydrogen) atoms. The molecule has 0 aromatic heterocycles. The minimum Gasteiger partial charge on any atom is -0.339 e. The Hall–Kier alpha value is -2.23. The molecule has 2 nitrogen and oxygen atoms in total. The maximum absolute atomic E-state index is 13.2. The molecule has 0 spiro atoms. The van der Waals surface area contributed by atoms with Gasteiger partial charge in [0.25, 0.3) is 0 Å². The first-order valence-electron chi connectivity index (χ1n) is 7.35. The van der Waals surface area contributed by atoms with Gasteiger partial charge in [-0.05, 0) is 48.7 Å². The third kappa shape index (κ3) is 4.65. The van der Waals surface area contributed by atoms with Gasteiger partial charge in [0.1, 0.15) is 11.6 Å². The highest BCUT2D eigenvalue weighted by Crippen LogP contribution is 2.11. The average Bonchev–Trinajstić information content (AvgIpc) is 2.50. The summed E-state index contributed by atoms with van der Waals surface area (Å²) >= 11 is 0. The number of halogens is 2. The van der Waals surface area contributed by atoms with Gasteiger partial charge < -0.3 is 4.90 Å². The maximum atomic E-state index is 13.2. The summed E-state index contributed by atoms with van der Waals surface area (Å²) < 4.78 is 26.3. The number of nitrogens with zero attached hydrogens (tertiary/aromatic N) is 1. The number of carbonyl (C=O) groups excluding carboxylic acids is 1. The molecule has 0 N–H and O–H groups in total. The van der Waals surface area contributed by atoms with Crippen LogP contribution in [0, 0.1) is 11.6 Å². The summed E-state index contributed by atoms with van der Waals surface area (Å²) in [4.78, 5) is 13.9. The van der Waals surface area contributed by atoms with Crippen molar-refractivity contribution in [3.8, 4) is 0 Å². The van der Waals surface area contributed by atoms with Gasteiger partial charge >= 0.3 is 0 Å². The van der Waals surface area contributed by atoms with Crippen LogP contribution in [0.25, 0.3) is 0 Å². The zero-order valence-electron chi connectivity index (χ0n) is 12.6. The van der Waals surface area contributed by atoms with Crippen LogP contribution in [0.2, 0.25) is 0 Å². The number of benzene rings is 2. The molecular weight excluding hydrogens is 284 g/mol. The Balaban J connectivity index is 1.94. The van der Waals surface area contributed by atoms with Gasteiger partial charge in [-0.3, -0.25) is 4.79 Å². The number of carbonyl (C=O) groups is 1. The Kier molecular flexibility index (Phi) is 5.64. The maximum Gasteiger partial charge on any atom is 0.223 e. The Bertz CT molecular complexity index is 642. The molecule has 0 aliphatic rings. The van der Waals surface area contributed by atoms with Crippen LogP contribution >= 0.6 is 0 Å². The molecule has 2 rings (SSSR count). The van der Waals surface area contributed by atoms with E-state index < -0.39 is 0 Å². The first-order valence-corrected chi connectivity index (χ1v) is 7.35. The van der Waals surface area contributed by atoms with Gasteiger partial charge in [0, 0.05) is 19.5 Å². The number of amides is 1. The van der Waals surface area contributed by atoms with Gasteiger partial charge in [0.05, 0.1) is 0 Å². The predicted octanol–water partition coefficient (Wildman–Crippen LogP) is 3.95. The highest BCUT2D eigenvalue weighted by atomic mass is 19.1. The van der Waals surface area contributed by atoms with Gasteiger partial charge in [-0.1, -0.05) is 24.3 Å². The van der Waals surface area contributed by atoms with E-state index in [0.29, 0.717) is 25.9 Å². The van der Waals surface area contributed by atoms with E-state index >= 15 is 0 Å². The van der Waals surface area contributed by atoms with Crippen LogP contribution in [-0.2, 0) is 17.8 Å². The van der Waals surface area contributed by atoms with Gasteiger partial charge in [-0.25, -0.2) is 8.78 Å². The fourth-order valence-electron chi connectivity index (χ4n) is 2.33. The van der Waals surface area contributed by atoms with Gasteiger partial charge in [-0.2, -0.15) is 0 Å². The molecule has 0 fully saturated rings. The molecule has 0 aliphatic carbocycles. The summed E-state index contributed by atoms with van der Waals surface area (Å²) in [6.45, 7) is 2.83. The normalized spacial score (nSPS) is 10.5. The van der Waals surface area contributed by atoms with Crippen LogP contribution < -0.4 is 0 Å². The first-order chi connectivity index (χ1) is 10.6. The van der Waals surface area contributed by atoms with E-state index in [1.807, 2.05) is 6.92 Å². The van der Waals surface area contributed by atoms with Gasteiger partial charge in [0.15, 0.2) is 0 Å². The summed E-state index contributed by atoms with van der Waals surface area (Å²) in [5.74, 6) is -0.617. The summed E-state index contributed by atoms with van der Waals surface area (Å²) in [5, 5.41) is 0. The Morgan fingerprint density at radius 1 is 1.00 bits per heavy atom. The van der Waals surface area contributed by atoms with E-state index in [4.69, 9.17) is 0 Å². The SMILES string of the molecule is CCN(Cc1cccc(F)c1)C(=O)CCc1cccc(F)c1. The molecule has 2 aromatic carbocycles. The lowest BCUT2D eigenvalue weighted by molar-refractivity contribution is -0.131. The Labute approximate surface area is 129 Å². The molecule has 0 saturated heterocycles. The smallest absolute Gasteiger partial charge is 0.223 e. The van der Waals surface area contributed by atoms with Crippen molar-refractivity contribution in [2.45, 2.75) is 26.3 Å². The van der Waals surface area contributed by atoms with E-state index in [2.05, 4.69) is 0 Å². The lowest BCUT2D eigenvalue weighted by Gasteiger charge is -2.21. The molecule has 2 aromatic rings. The molecular formula is C18H19F2NO. The molecule has 0 saturated carbocycles. The summed E-state index contributed by atoms with van der Waals surface area (Å²) in [6.07, 6.45) is 0.808. The van der Waals surface area contributed by atoms with E-state index in [0.717, 1.165) is 11.1 Å². The highest BCUT2D eigenvalue weighted by Gasteiger charge is 2.12. The fourth-order valence-corrected chi connectivity index (χ4v) is 2.33. The number of hydrogen-bond acceptors (Lipinski definition) is 1. The number of hydrogen-bond donors (Lipinski definition) is 0. The van der Waals surface area contributed by atoms with Crippen molar-refractivity contribution in [2.75, 3.05) is 6.54 Å². The van der Waals surface area contributed by atoms with Crippen molar-refractivity contribution in [3.63, 3.8) is 0 Å². The summed E-state index contributed by atoms with van der Waals surface area (Å²) in [6, 6.07) is 12.5. The van der Waals surface area contributed by atoms with Crippen molar-refractivity contribution >= 4 is 5.91 Å². The van der Waals surface area contributed by atoms with E-state index in [9.17, 15) is 13.6 Å². The van der Waals surface area contributed by atoms with Crippen molar-refractivity contribution in [2.24, 2.45) is 0 Å². The lowest BCUT2D eigenvalue weighted by atomic mass is 10.1. The van der Waals surface area contributed by atoms with Crippen LogP contribution in [0.1, 0.15) is 24.5 Å². The second-order valence-electron chi connectivity index (χ2n) is 5.17. The zero-order valence-corrected chi connectivity index (χ0v) is 12.6. The van der Waals surface area contributed by atoms with Crippen LogP contribution in [0.5, 0.6) is 0 Å². The van der Waals surface area contributed by atoms with Crippen molar-refractivity contribution < 1.29 is 13.6 Å². The van der Waals surface area contributed by atoms with Crippen LogP contribution in [-0.4, -0.2) is 17.4 Å². The quantitative estimate of drug-likeness (QED) is 0.791. The molecule has 116 valence electrons. The molecule has 1 amide bonds. The van der Waals surface area contributed by atoms with E-state index in [1.165, 1.54) is 24.3 Å². The monoisotopic (exact) mass is 303 g/mol. The van der Waals surface area contributed by atoms with Crippen LogP contribution in [0.15, 0.2) is 48.5 Å². The minimum absolute atomic E-state index is 0.0176. The molecule has 0 bridgehead atoms. The zero-order chi connectivity index (χ0) is 15.9.